The molecular weight excluding hydrogens is 335 g/mol. The van der Waals surface area contributed by atoms with Crippen molar-refractivity contribution in [3.8, 4) is 0 Å². The molecule has 0 aliphatic carbocycles. The number of amides is 1. The third kappa shape index (κ3) is 4.31. The fraction of sp³-hybridized carbons (Fsp3) is 0.438. The Labute approximate surface area is 148 Å². The molecule has 1 aromatic carbocycles. The molecule has 1 aromatic heterocycles. The lowest BCUT2D eigenvalue weighted by Crippen LogP contribution is -2.42. The van der Waals surface area contributed by atoms with Gasteiger partial charge < -0.3 is 10.2 Å². The van der Waals surface area contributed by atoms with Crippen molar-refractivity contribution in [3.05, 3.63) is 36.2 Å². The average Bonchev–Trinajstić information content (AvgIpc) is 3.05. The molecule has 3 rings (SSSR count). The van der Waals surface area contributed by atoms with E-state index in [1.165, 1.54) is 0 Å². The van der Waals surface area contributed by atoms with Crippen LogP contribution in [-0.2, 0) is 0 Å². The minimum absolute atomic E-state index is 0. The van der Waals surface area contributed by atoms with Crippen LogP contribution < -0.4 is 5.32 Å². The number of carbonyl (C=O) groups is 1. The summed E-state index contributed by atoms with van der Waals surface area (Å²) in [5, 5.41) is 3.32. The molecule has 1 aliphatic rings. The van der Waals surface area contributed by atoms with Crippen LogP contribution in [0.3, 0.4) is 0 Å². The fourth-order valence-corrected chi connectivity index (χ4v) is 2.80. The van der Waals surface area contributed by atoms with Gasteiger partial charge in [-0.25, -0.2) is 4.98 Å². The van der Waals surface area contributed by atoms with Gasteiger partial charge in [-0.1, -0.05) is 19.1 Å². The Bertz CT molecular complexity index is 647. The maximum atomic E-state index is 12.8. The van der Waals surface area contributed by atoms with Gasteiger partial charge in [-0.2, -0.15) is 0 Å². The van der Waals surface area contributed by atoms with Crippen molar-refractivity contribution in [1.29, 1.82) is 0 Å². The van der Waals surface area contributed by atoms with Gasteiger partial charge in [-0.15, -0.1) is 24.8 Å². The quantitative estimate of drug-likeness (QED) is 0.914. The maximum absolute atomic E-state index is 12.8. The molecule has 1 unspecified atom stereocenters. The number of aromatic nitrogens is 2. The first-order valence-electron chi connectivity index (χ1n) is 7.53. The highest BCUT2D eigenvalue weighted by molar-refractivity contribution is 5.94. The highest BCUT2D eigenvalue weighted by atomic mass is 35.5. The second-order valence-electron chi connectivity index (χ2n) is 5.39. The first-order valence-corrected chi connectivity index (χ1v) is 7.53. The van der Waals surface area contributed by atoms with Crippen molar-refractivity contribution in [2.75, 3.05) is 19.6 Å². The number of benzene rings is 1. The van der Waals surface area contributed by atoms with Crippen molar-refractivity contribution >= 4 is 41.8 Å². The molecule has 23 heavy (non-hydrogen) atoms. The van der Waals surface area contributed by atoms with E-state index in [1.54, 1.807) is 6.20 Å². The van der Waals surface area contributed by atoms with Crippen LogP contribution in [0.1, 0.15) is 30.3 Å². The minimum Gasteiger partial charge on any atom is -0.333 e. The van der Waals surface area contributed by atoms with Gasteiger partial charge in [0, 0.05) is 19.1 Å². The molecule has 7 heteroatoms. The van der Waals surface area contributed by atoms with E-state index in [9.17, 15) is 4.79 Å². The molecule has 1 atom stereocenters. The number of halogens is 2. The third-order valence-electron chi connectivity index (χ3n) is 3.87. The van der Waals surface area contributed by atoms with Crippen LogP contribution in [0.5, 0.6) is 0 Å². The first-order chi connectivity index (χ1) is 10.3. The Morgan fingerprint density at radius 2 is 2.04 bits per heavy atom. The lowest BCUT2D eigenvalue weighted by atomic mass is 10.2. The van der Waals surface area contributed by atoms with Crippen LogP contribution in [0, 0.1) is 0 Å². The summed E-state index contributed by atoms with van der Waals surface area (Å²) in [5.74, 6) is -0.0104. The topological polar surface area (TPSA) is 58.1 Å². The standard InChI is InChI=1S/C16H20N4O.2ClH/c1-2-9-20(12-7-8-17-10-12)16(21)15-11-18-13-5-3-4-6-14(13)19-15;;/h3-6,11-12,17H,2,7-10H2,1H3;2*1H. The second-order valence-corrected chi connectivity index (χ2v) is 5.39. The highest BCUT2D eigenvalue weighted by Crippen LogP contribution is 2.15. The predicted octanol–water partition coefficient (Wildman–Crippen LogP) is 2.69. The Hall–Kier alpha value is -1.43. The summed E-state index contributed by atoms with van der Waals surface area (Å²) in [6, 6.07) is 7.90. The van der Waals surface area contributed by atoms with Crippen LogP contribution >= 0.6 is 24.8 Å². The summed E-state index contributed by atoms with van der Waals surface area (Å²) >= 11 is 0. The molecule has 1 saturated heterocycles. The Balaban J connectivity index is 0.00000132. The monoisotopic (exact) mass is 356 g/mol. The number of hydrogen-bond acceptors (Lipinski definition) is 4. The van der Waals surface area contributed by atoms with E-state index in [0.29, 0.717) is 5.69 Å². The van der Waals surface area contributed by atoms with E-state index < -0.39 is 0 Å². The summed E-state index contributed by atoms with van der Waals surface area (Å²) in [6.45, 7) is 4.70. The average molecular weight is 357 g/mol. The molecule has 0 bridgehead atoms. The van der Waals surface area contributed by atoms with E-state index in [1.807, 2.05) is 29.2 Å². The molecule has 126 valence electrons. The number of nitrogens with one attached hydrogen (secondary N) is 1. The number of rotatable bonds is 4. The zero-order valence-corrected chi connectivity index (χ0v) is 14.7. The molecule has 0 radical (unpaired) electrons. The van der Waals surface area contributed by atoms with Crippen LogP contribution in [0.2, 0.25) is 0 Å². The van der Waals surface area contributed by atoms with Gasteiger partial charge in [0.15, 0.2) is 0 Å². The van der Waals surface area contributed by atoms with Gasteiger partial charge in [0.1, 0.15) is 5.69 Å². The summed E-state index contributed by atoms with van der Waals surface area (Å²) in [5.41, 5.74) is 2.03. The van der Waals surface area contributed by atoms with Gasteiger partial charge in [-0.05, 0) is 31.5 Å². The van der Waals surface area contributed by atoms with Gasteiger partial charge in [-0.3, -0.25) is 9.78 Å². The maximum Gasteiger partial charge on any atom is 0.274 e. The van der Waals surface area contributed by atoms with Crippen molar-refractivity contribution in [2.24, 2.45) is 0 Å². The minimum atomic E-state index is -0.0104. The summed E-state index contributed by atoms with van der Waals surface area (Å²) in [7, 11) is 0. The molecular formula is C16H22Cl2N4O. The Morgan fingerprint density at radius 3 is 2.70 bits per heavy atom. The molecule has 1 aliphatic heterocycles. The van der Waals surface area contributed by atoms with Gasteiger partial charge in [0.25, 0.3) is 5.91 Å². The van der Waals surface area contributed by atoms with E-state index >= 15 is 0 Å². The molecule has 1 amide bonds. The second kappa shape index (κ2) is 9.01. The highest BCUT2D eigenvalue weighted by Gasteiger charge is 2.27. The fourth-order valence-electron chi connectivity index (χ4n) is 2.80. The molecule has 1 N–H and O–H groups in total. The summed E-state index contributed by atoms with van der Waals surface area (Å²) in [4.78, 5) is 23.5. The lowest BCUT2D eigenvalue weighted by molar-refractivity contribution is 0.0686. The van der Waals surface area contributed by atoms with Crippen LogP contribution in [-0.4, -0.2) is 46.5 Å². The molecule has 0 saturated carbocycles. The molecule has 2 aromatic rings. The lowest BCUT2D eigenvalue weighted by Gasteiger charge is -2.27. The van der Waals surface area contributed by atoms with Crippen LogP contribution in [0.25, 0.3) is 11.0 Å². The van der Waals surface area contributed by atoms with Gasteiger partial charge in [0.05, 0.1) is 17.2 Å². The van der Waals surface area contributed by atoms with Crippen molar-refractivity contribution in [2.45, 2.75) is 25.8 Å². The predicted molar refractivity (Wildman–Crippen MR) is 96.6 cm³/mol. The normalized spacial score (nSPS) is 16.5. The number of nitrogens with zero attached hydrogens (tertiary/aromatic N) is 3. The van der Waals surface area contributed by atoms with Gasteiger partial charge in [0.2, 0.25) is 0 Å². The molecule has 0 spiro atoms. The Kier molecular flexibility index (Phi) is 7.68. The molecule has 5 nitrogen and oxygen atoms in total. The number of carbonyl (C=O) groups excluding carboxylic acids is 1. The van der Waals surface area contributed by atoms with E-state index in [-0.39, 0.29) is 36.8 Å². The summed E-state index contributed by atoms with van der Waals surface area (Å²) < 4.78 is 0. The van der Waals surface area contributed by atoms with Crippen LogP contribution in [0.15, 0.2) is 30.5 Å². The molecule has 2 heterocycles. The van der Waals surface area contributed by atoms with Crippen molar-refractivity contribution in [3.63, 3.8) is 0 Å². The number of fused-ring (bicyclic) bond motifs is 1. The third-order valence-corrected chi connectivity index (χ3v) is 3.87. The smallest absolute Gasteiger partial charge is 0.274 e. The largest absolute Gasteiger partial charge is 0.333 e. The van der Waals surface area contributed by atoms with E-state index in [0.717, 1.165) is 43.5 Å². The zero-order chi connectivity index (χ0) is 14.7. The van der Waals surface area contributed by atoms with E-state index in [4.69, 9.17) is 0 Å². The zero-order valence-electron chi connectivity index (χ0n) is 13.1. The first kappa shape index (κ1) is 19.6. The number of para-hydroxylation sites is 2. The summed E-state index contributed by atoms with van der Waals surface area (Å²) in [6.07, 6.45) is 3.55. The molecule has 1 fully saturated rings. The number of hydrogen-bond donors (Lipinski definition) is 1. The van der Waals surface area contributed by atoms with Gasteiger partial charge >= 0.3 is 0 Å². The van der Waals surface area contributed by atoms with Crippen molar-refractivity contribution < 1.29 is 4.79 Å². The SMILES string of the molecule is CCCN(C(=O)c1cnc2ccccc2n1)C1CCNC1.Cl.Cl. The van der Waals surface area contributed by atoms with Crippen molar-refractivity contribution in [1.82, 2.24) is 20.2 Å². The Morgan fingerprint density at radius 1 is 1.30 bits per heavy atom. The van der Waals surface area contributed by atoms with E-state index in [2.05, 4.69) is 22.2 Å². The van der Waals surface area contributed by atoms with Crippen LogP contribution in [0.4, 0.5) is 0 Å².